The number of rotatable bonds is 5. The number of ketones is 1. The summed E-state index contributed by atoms with van der Waals surface area (Å²) in [7, 11) is 0. The largest absolute Gasteiger partial charge is 0.389 e. The molecular formula is C22H34O2. The third-order valence-electron chi connectivity index (χ3n) is 10.0. The van der Waals surface area contributed by atoms with Crippen LogP contribution in [0.4, 0.5) is 0 Å². The highest BCUT2D eigenvalue weighted by atomic mass is 16.3. The summed E-state index contributed by atoms with van der Waals surface area (Å²) in [6.07, 6.45) is 10.5. The van der Waals surface area contributed by atoms with E-state index in [2.05, 4.69) is 20.8 Å². The Hall–Kier alpha value is -0.370. The van der Waals surface area contributed by atoms with E-state index in [-0.39, 0.29) is 22.3 Å². The van der Waals surface area contributed by atoms with Crippen LogP contribution < -0.4 is 0 Å². The summed E-state index contributed by atoms with van der Waals surface area (Å²) in [6.45, 7) is 6.64. The molecule has 0 aliphatic heterocycles. The van der Waals surface area contributed by atoms with Gasteiger partial charge in [-0.2, -0.15) is 0 Å². The van der Waals surface area contributed by atoms with E-state index in [4.69, 9.17) is 0 Å². The van der Waals surface area contributed by atoms with Crippen molar-refractivity contribution in [2.75, 3.05) is 0 Å². The fourth-order valence-electron chi connectivity index (χ4n) is 9.25. The maximum atomic E-state index is 13.1. The van der Waals surface area contributed by atoms with Crippen LogP contribution in [0.15, 0.2) is 0 Å². The molecule has 9 atom stereocenters. The van der Waals surface area contributed by atoms with E-state index in [0.29, 0.717) is 23.5 Å². The quantitative estimate of drug-likeness (QED) is 0.800. The number of Topliss-reactive ketones (excluding diaryl/α,β-unsaturated/α-hetero) is 1. The monoisotopic (exact) mass is 330 g/mol. The van der Waals surface area contributed by atoms with E-state index in [9.17, 15) is 9.90 Å². The fourth-order valence-corrected chi connectivity index (χ4v) is 9.25. The van der Waals surface area contributed by atoms with Gasteiger partial charge in [0.1, 0.15) is 5.78 Å². The second-order valence-corrected chi connectivity index (χ2v) is 10.4. The van der Waals surface area contributed by atoms with Gasteiger partial charge < -0.3 is 5.11 Å². The predicted molar refractivity (Wildman–Crippen MR) is 94.3 cm³/mol. The van der Waals surface area contributed by atoms with E-state index in [0.717, 1.165) is 31.1 Å². The maximum absolute atomic E-state index is 13.1. The molecule has 0 amide bonds. The van der Waals surface area contributed by atoms with Gasteiger partial charge in [-0.25, -0.2) is 0 Å². The van der Waals surface area contributed by atoms with Crippen LogP contribution in [0.25, 0.3) is 0 Å². The lowest BCUT2D eigenvalue weighted by molar-refractivity contribution is -0.362. The van der Waals surface area contributed by atoms with Gasteiger partial charge in [-0.15, -0.1) is 0 Å². The van der Waals surface area contributed by atoms with Gasteiger partial charge in [0.25, 0.3) is 0 Å². The van der Waals surface area contributed by atoms with Crippen LogP contribution in [0.5, 0.6) is 0 Å². The van der Waals surface area contributed by atoms with E-state index in [1.807, 2.05) is 0 Å². The smallest absolute Gasteiger partial charge is 0.136 e. The minimum atomic E-state index is -0.373. The molecule has 0 aromatic carbocycles. The summed E-state index contributed by atoms with van der Waals surface area (Å²) in [5.74, 6) is 3.89. The number of carbonyl (C=O) groups is 1. The van der Waals surface area contributed by atoms with Crippen molar-refractivity contribution in [3.05, 3.63) is 0 Å². The average Bonchev–Trinajstić information content (AvgIpc) is 2.57. The Morgan fingerprint density at radius 3 is 2.46 bits per heavy atom. The van der Waals surface area contributed by atoms with Crippen LogP contribution in [0.3, 0.4) is 0 Å². The van der Waals surface area contributed by atoms with Crippen LogP contribution in [-0.4, -0.2) is 16.5 Å². The minimum Gasteiger partial charge on any atom is -0.389 e. The molecule has 134 valence electrons. The first-order chi connectivity index (χ1) is 11.4. The summed E-state index contributed by atoms with van der Waals surface area (Å²) in [5.41, 5.74) is 0.133. The maximum Gasteiger partial charge on any atom is 0.136 e. The molecule has 2 heteroatoms. The molecule has 7 fully saturated rings. The molecule has 7 rings (SSSR count). The summed E-state index contributed by atoms with van der Waals surface area (Å²) in [4.78, 5) is 13.1. The average molecular weight is 331 g/mol. The molecule has 7 saturated carbocycles. The zero-order chi connectivity index (χ0) is 16.9. The van der Waals surface area contributed by atoms with Gasteiger partial charge in [0, 0.05) is 12.3 Å². The van der Waals surface area contributed by atoms with Crippen LogP contribution in [0, 0.1) is 46.3 Å². The van der Waals surface area contributed by atoms with Crippen LogP contribution in [0.2, 0.25) is 0 Å². The van der Waals surface area contributed by atoms with Crippen LogP contribution in [0.1, 0.15) is 78.6 Å². The van der Waals surface area contributed by atoms with Gasteiger partial charge in [0.05, 0.1) is 5.60 Å². The fraction of sp³-hybridized carbons (Fsp3) is 0.955. The lowest BCUT2D eigenvalue weighted by Crippen LogP contribution is -2.79. The van der Waals surface area contributed by atoms with Gasteiger partial charge in [0.2, 0.25) is 0 Å². The molecule has 1 N–H and O–H groups in total. The van der Waals surface area contributed by atoms with Crippen molar-refractivity contribution >= 4 is 5.78 Å². The van der Waals surface area contributed by atoms with Crippen LogP contribution in [-0.2, 0) is 4.79 Å². The Morgan fingerprint density at radius 1 is 1.04 bits per heavy atom. The van der Waals surface area contributed by atoms with Crippen molar-refractivity contribution in [3.8, 4) is 0 Å². The SMILES string of the molecule is CCC(C)C(=O)CC12CC3CC4C1CC1CC4(O)C(C3)C2(CC)C1. The van der Waals surface area contributed by atoms with Crippen molar-refractivity contribution in [3.63, 3.8) is 0 Å². The number of aliphatic hydroxyl groups is 1. The topological polar surface area (TPSA) is 37.3 Å². The third-order valence-corrected chi connectivity index (χ3v) is 10.0. The van der Waals surface area contributed by atoms with Crippen molar-refractivity contribution in [1.29, 1.82) is 0 Å². The zero-order valence-corrected chi connectivity index (χ0v) is 15.7. The second-order valence-electron chi connectivity index (χ2n) is 10.4. The first kappa shape index (κ1) is 15.9. The normalized spacial score (nSPS) is 57.6. The Balaban J connectivity index is 1.63. The molecule has 9 unspecified atom stereocenters. The zero-order valence-electron chi connectivity index (χ0n) is 15.7. The minimum absolute atomic E-state index is 0.213. The molecule has 7 aliphatic carbocycles. The molecule has 0 heterocycles. The molecule has 7 aliphatic rings. The van der Waals surface area contributed by atoms with Crippen molar-refractivity contribution < 1.29 is 9.90 Å². The third kappa shape index (κ3) is 1.53. The highest BCUT2D eigenvalue weighted by Crippen LogP contribution is 2.83. The van der Waals surface area contributed by atoms with Crippen LogP contribution >= 0.6 is 0 Å². The summed E-state index contributed by atoms with van der Waals surface area (Å²) in [5, 5.41) is 11.7. The van der Waals surface area contributed by atoms with E-state index >= 15 is 0 Å². The molecule has 0 aromatic rings. The Labute approximate surface area is 146 Å². The van der Waals surface area contributed by atoms with Gasteiger partial charge >= 0.3 is 0 Å². The first-order valence-corrected chi connectivity index (χ1v) is 10.6. The standard InChI is InChI=1S/C22H34O2/c1-4-13(3)18(23)12-21-9-14-6-17-16(21)7-15-10-20(21,5-2)19(8-14)22(17,24)11-15/h13-17,19,24H,4-12H2,1-3H3. The summed E-state index contributed by atoms with van der Waals surface area (Å²) >= 11 is 0. The number of hydrogen-bond acceptors (Lipinski definition) is 2. The summed E-state index contributed by atoms with van der Waals surface area (Å²) < 4.78 is 0. The number of hydrogen-bond donors (Lipinski definition) is 1. The van der Waals surface area contributed by atoms with Gasteiger partial charge in [0.15, 0.2) is 0 Å². The Morgan fingerprint density at radius 2 is 1.75 bits per heavy atom. The highest BCUT2D eigenvalue weighted by molar-refractivity contribution is 5.81. The van der Waals surface area contributed by atoms with E-state index in [1.54, 1.807) is 0 Å². The lowest BCUT2D eigenvalue weighted by atomic mass is 9.24. The molecule has 8 bridgehead atoms. The Kier molecular flexibility index (Phi) is 3.08. The molecule has 2 nitrogen and oxygen atoms in total. The van der Waals surface area contributed by atoms with Gasteiger partial charge in [-0.05, 0) is 91.8 Å². The Bertz CT molecular complexity index is 585. The molecule has 0 aromatic heterocycles. The first-order valence-electron chi connectivity index (χ1n) is 10.6. The second kappa shape index (κ2) is 4.67. The van der Waals surface area contributed by atoms with Gasteiger partial charge in [-0.1, -0.05) is 20.8 Å². The number of carbonyl (C=O) groups excluding carboxylic acids is 1. The van der Waals surface area contributed by atoms with E-state index in [1.165, 1.54) is 38.5 Å². The van der Waals surface area contributed by atoms with Crippen molar-refractivity contribution in [1.82, 2.24) is 0 Å². The molecule has 0 saturated heterocycles. The molecule has 24 heavy (non-hydrogen) atoms. The predicted octanol–water partition coefficient (Wildman–Crippen LogP) is 4.60. The summed E-state index contributed by atoms with van der Waals surface area (Å²) in [6, 6.07) is 0. The van der Waals surface area contributed by atoms with Crippen molar-refractivity contribution in [2.24, 2.45) is 46.3 Å². The molecular weight excluding hydrogens is 296 g/mol. The van der Waals surface area contributed by atoms with E-state index < -0.39 is 0 Å². The van der Waals surface area contributed by atoms with Crippen molar-refractivity contribution in [2.45, 2.75) is 84.2 Å². The molecule has 0 spiro atoms. The molecule has 0 radical (unpaired) electrons. The highest BCUT2D eigenvalue weighted by Gasteiger charge is 2.79. The lowest BCUT2D eigenvalue weighted by Gasteiger charge is -2.81. The van der Waals surface area contributed by atoms with Gasteiger partial charge in [-0.3, -0.25) is 4.79 Å².